The van der Waals surface area contributed by atoms with E-state index in [0.29, 0.717) is 11.8 Å². The second kappa shape index (κ2) is 6.17. The van der Waals surface area contributed by atoms with Crippen molar-refractivity contribution in [2.45, 2.75) is 38.3 Å². The van der Waals surface area contributed by atoms with Gasteiger partial charge in [-0.3, -0.25) is 0 Å². The van der Waals surface area contributed by atoms with Crippen molar-refractivity contribution in [3.63, 3.8) is 0 Å². The summed E-state index contributed by atoms with van der Waals surface area (Å²) in [5.41, 5.74) is 0.311. The van der Waals surface area contributed by atoms with E-state index in [4.69, 9.17) is 0 Å². The number of nitrogens with one attached hydrogen (secondary N) is 1. The molecule has 0 spiro atoms. The lowest BCUT2D eigenvalue weighted by Crippen LogP contribution is -2.31. The Morgan fingerprint density at radius 3 is 2.65 bits per heavy atom. The van der Waals surface area contributed by atoms with Crippen molar-refractivity contribution in [3.8, 4) is 0 Å². The molecule has 1 aromatic carbocycles. The third-order valence-corrected chi connectivity index (χ3v) is 4.58. The molecule has 1 unspecified atom stereocenters. The van der Waals surface area contributed by atoms with Crippen LogP contribution in [0, 0.1) is 11.8 Å². The van der Waals surface area contributed by atoms with Gasteiger partial charge in [0, 0.05) is 0 Å². The SMILES string of the molecule is CNCC1CCC[C@@H](c2cccc(C(F)(F)F)c2)[C@@H]1C. The first kappa shape index (κ1) is 15.4. The largest absolute Gasteiger partial charge is 0.416 e. The number of halogens is 3. The van der Waals surface area contributed by atoms with Crippen LogP contribution in [0.3, 0.4) is 0 Å². The van der Waals surface area contributed by atoms with Crippen molar-refractivity contribution in [2.75, 3.05) is 13.6 Å². The van der Waals surface area contributed by atoms with E-state index in [1.165, 1.54) is 12.1 Å². The third-order valence-electron chi connectivity index (χ3n) is 4.58. The van der Waals surface area contributed by atoms with Crippen LogP contribution in [0.2, 0.25) is 0 Å². The molecular formula is C16H22F3N. The van der Waals surface area contributed by atoms with Crippen molar-refractivity contribution < 1.29 is 13.2 Å². The van der Waals surface area contributed by atoms with Crippen LogP contribution in [0.15, 0.2) is 24.3 Å². The average molecular weight is 285 g/mol. The Kier molecular flexibility index (Phi) is 4.74. The van der Waals surface area contributed by atoms with Crippen LogP contribution < -0.4 is 5.32 Å². The fraction of sp³-hybridized carbons (Fsp3) is 0.625. The molecule has 1 aromatic rings. The van der Waals surface area contributed by atoms with Crippen LogP contribution in [0.1, 0.15) is 43.2 Å². The maximum Gasteiger partial charge on any atom is 0.416 e. The molecule has 1 nitrogen and oxygen atoms in total. The first-order valence-electron chi connectivity index (χ1n) is 7.25. The Balaban J connectivity index is 2.22. The lowest BCUT2D eigenvalue weighted by molar-refractivity contribution is -0.137. The van der Waals surface area contributed by atoms with Gasteiger partial charge in [-0.2, -0.15) is 13.2 Å². The number of rotatable bonds is 3. The molecule has 20 heavy (non-hydrogen) atoms. The number of hydrogen-bond donors (Lipinski definition) is 1. The Labute approximate surface area is 118 Å². The predicted molar refractivity (Wildman–Crippen MR) is 74.6 cm³/mol. The molecule has 0 aromatic heterocycles. The van der Waals surface area contributed by atoms with Crippen LogP contribution in [-0.4, -0.2) is 13.6 Å². The van der Waals surface area contributed by atoms with E-state index >= 15 is 0 Å². The summed E-state index contributed by atoms with van der Waals surface area (Å²) in [5.74, 6) is 1.21. The van der Waals surface area contributed by atoms with E-state index in [2.05, 4.69) is 12.2 Å². The van der Waals surface area contributed by atoms with Crippen molar-refractivity contribution in [3.05, 3.63) is 35.4 Å². The van der Waals surface area contributed by atoms with Gasteiger partial charge in [-0.05, 0) is 55.8 Å². The van der Waals surface area contributed by atoms with Crippen LogP contribution in [0.5, 0.6) is 0 Å². The molecule has 2 rings (SSSR count). The second-order valence-corrected chi connectivity index (χ2v) is 5.84. The zero-order chi connectivity index (χ0) is 14.8. The van der Waals surface area contributed by atoms with Crippen molar-refractivity contribution in [2.24, 2.45) is 11.8 Å². The lowest BCUT2D eigenvalue weighted by atomic mass is 9.70. The summed E-state index contributed by atoms with van der Waals surface area (Å²) in [6.45, 7) is 3.11. The van der Waals surface area contributed by atoms with Gasteiger partial charge in [-0.25, -0.2) is 0 Å². The first-order chi connectivity index (χ1) is 9.43. The van der Waals surface area contributed by atoms with Gasteiger partial charge < -0.3 is 5.32 Å². The smallest absolute Gasteiger partial charge is 0.319 e. The highest BCUT2D eigenvalue weighted by Crippen LogP contribution is 2.42. The fourth-order valence-electron chi connectivity index (χ4n) is 3.42. The maximum absolute atomic E-state index is 12.8. The van der Waals surface area contributed by atoms with E-state index in [0.717, 1.165) is 37.4 Å². The van der Waals surface area contributed by atoms with Crippen molar-refractivity contribution in [1.29, 1.82) is 0 Å². The number of alkyl halides is 3. The molecular weight excluding hydrogens is 263 g/mol. The Morgan fingerprint density at radius 1 is 1.25 bits per heavy atom. The van der Waals surface area contributed by atoms with E-state index in [1.54, 1.807) is 0 Å². The van der Waals surface area contributed by atoms with E-state index in [1.807, 2.05) is 13.1 Å². The highest BCUT2D eigenvalue weighted by molar-refractivity contribution is 5.29. The highest BCUT2D eigenvalue weighted by Gasteiger charge is 2.34. The molecule has 1 saturated carbocycles. The normalized spacial score (nSPS) is 27.6. The summed E-state index contributed by atoms with van der Waals surface area (Å²) in [4.78, 5) is 0. The quantitative estimate of drug-likeness (QED) is 0.865. The highest BCUT2D eigenvalue weighted by atomic mass is 19.4. The minimum Gasteiger partial charge on any atom is -0.319 e. The van der Waals surface area contributed by atoms with Gasteiger partial charge in [0.25, 0.3) is 0 Å². The van der Waals surface area contributed by atoms with E-state index < -0.39 is 11.7 Å². The number of benzene rings is 1. The molecule has 0 saturated heterocycles. The molecule has 1 aliphatic rings. The summed E-state index contributed by atoms with van der Waals surface area (Å²) < 4.78 is 38.5. The summed E-state index contributed by atoms with van der Waals surface area (Å²) in [6, 6.07) is 5.87. The monoisotopic (exact) mass is 285 g/mol. The molecule has 1 N–H and O–H groups in total. The minimum atomic E-state index is -4.25. The van der Waals surface area contributed by atoms with Gasteiger partial charge in [0.15, 0.2) is 0 Å². The fourth-order valence-corrected chi connectivity index (χ4v) is 3.42. The lowest BCUT2D eigenvalue weighted by Gasteiger charge is -2.36. The van der Waals surface area contributed by atoms with Gasteiger partial charge in [0.2, 0.25) is 0 Å². The van der Waals surface area contributed by atoms with E-state index in [9.17, 15) is 13.2 Å². The van der Waals surface area contributed by atoms with Gasteiger partial charge in [0.05, 0.1) is 5.56 Å². The molecule has 0 bridgehead atoms. The molecule has 1 aliphatic carbocycles. The first-order valence-corrected chi connectivity index (χ1v) is 7.25. The van der Waals surface area contributed by atoms with Gasteiger partial charge in [0.1, 0.15) is 0 Å². The van der Waals surface area contributed by atoms with Gasteiger partial charge >= 0.3 is 6.18 Å². The molecule has 4 heteroatoms. The second-order valence-electron chi connectivity index (χ2n) is 5.84. The van der Waals surface area contributed by atoms with Crippen LogP contribution in [0.25, 0.3) is 0 Å². The zero-order valence-electron chi connectivity index (χ0n) is 12.0. The average Bonchev–Trinajstić information content (AvgIpc) is 2.41. The Bertz CT molecular complexity index is 440. The number of hydrogen-bond acceptors (Lipinski definition) is 1. The summed E-state index contributed by atoms with van der Waals surface area (Å²) >= 11 is 0. The minimum absolute atomic E-state index is 0.240. The molecule has 0 radical (unpaired) electrons. The van der Waals surface area contributed by atoms with Crippen LogP contribution in [-0.2, 0) is 6.18 Å². The predicted octanol–water partition coefficient (Wildman–Crippen LogP) is 4.44. The zero-order valence-corrected chi connectivity index (χ0v) is 12.0. The maximum atomic E-state index is 12.8. The topological polar surface area (TPSA) is 12.0 Å². The van der Waals surface area contributed by atoms with Crippen molar-refractivity contribution in [1.82, 2.24) is 5.32 Å². The third kappa shape index (κ3) is 3.35. The molecule has 1 fully saturated rings. The molecule has 3 atom stereocenters. The molecule has 0 aliphatic heterocycles. The molecule has 0 heterocycles. The Morgan fingerprint density at radius 2 is 2.00 bits per heavy atom. The van der Waals surface area contributed by atoms with E-state index in [-0.39, 0.29) is 5.92 Å². The van der Waals surface area contributed by atoms with Crippen LogP contribution >= 0.6 is 0 Å². The standard InChI is InChI=1S/C16H22F3N/c1-11-13(10-20-2)6-4-8-15(11)12-5-3-7-14(9-12)16(17,18)19/h3,5,7,9,11,13,15,20H,4,6,8,10H2,1-2H3/t11-,13?,15-/m1/s1. The summed E-state index contributed by atoms with van der Waals surface area (Å²) in [6.07, 6.45) is -1.00. The van der Waals surface area contributed by atoms with Crippen LogP contribution in [0.4, 0.5) is 13.2 Å². The van der Waals surface area contributed by atoms with Crippen molar-refractivity contribution >= 4 is 0 Å². The van der Waals surface area contributed by atoms with Gasteiger partial charge in [-0.15, -0.1) is 0 Å². The summed E-state index contributed by atoms with van der Waals surface area (Å²) in [7, 11) is 1.93. The summed E-state index contributed by atoms with van der Waals surface area (Å²) in [5, 5.41) is 3.20. The Hall–Kier alpha value is -1.03. The van der Waals surface area contributed by atoms with Gasteiger partial charge in [-0.1, -0.05) is 31.5 Å². The molecule has 0 amide bonds. The molecule has 112 valence electrons.